The maximum Gasteiger partial charge on any atom is 0.335 e. The van der Waals surface area contributed by atoms with E-state index in [1.165, 1.54) is 21.0 Å². The van der Waals surface area contributed by atoms with Gasteiger partial charge in [0.15, 0.2) is 12.4 Å². The van der Waals surface area contributed by atoms with Gasteiger partial charge in [-0.25, -0.2) is 4.79 Å². The predicted molar refractivity (Wildman–Crippen MR) is 111 cm³/mol. The highest BCUT2D eigenvalue weighted by atomic mass is 35.6. The number of nitrogens with one attached hydrogen (secondary N) is 1. The molecule has 0 radical (unpaired) electrons. The van der Waals surface area contributed by atoms with Crippen molar-refractivity contribution in [3.05, 3.63) is 0 Å². The molecule has 0 aromatic rings. The molecule has 2 fully saturated rings. The van der Waals surface area contributed by atoms with Gasteiger partial charge < -0.3 is 49.1 Å². The van der Waals surface area contributed by atoms with E-state index in [9.17, 15) is 30.0 Å². The molecular weight excluding hydrogens is 470 g/mol. The minimum Gasteiger partial charge on any atom is -0.479 e. The average Bonchev–Trinajstić information content (AvgIpc) is 2.67. The first-order valence-electron chi connectivity index (χ1n) is 10.1. The van der Waals surface area contributed by atoms with Gasteiger partial charge in [0.05, 0.1) is 12.7 Å². The molecule has 2 rings (SSSR count). The predicted octanol–water partition coefficient (Wildman–Crippen LogP) is -1.47. The Kier molecular flexibility index (Phi) is 9.44. The fourth-order valence-electron chi connectivity index (χ4n) is 3.67. The molecule has 0 bridgehead atoms. The van der Waals surface area contributed by atoms with E-state index < -0.39 is 80.7 Å². The molecule has 0 spiro atoms. The summed E-state index contributed by atoms with van der Waals surface area (Å²) in [4.78, 5) is 23.5. The van der Waals surface area contributed by atoms with Crippen molar-refractivity contribution in [3.63, 3.8) is 0 Å². The van der Waals surface area contributed by atoms with Gasteiger partial charge in [0.25, 0.3) is 7.63 Å². The Balaban J connectivity index is 2.33. The number of hydrogen-bond donors (Lipinski definition) is 5. The van der Waals surface area contributed by atoms with E-state index in [0.29, 0.717) is 0 Å². The second-order valence-electron chi connectivity index (χ2n) is 8.32. The van der Waals surface area contributed by atoms with Crippen LogP contribution in [0.15, 0.2) is 0 Å². The monoisotopic (exact) mass is 501 g/mol. The van der Waals surface area contributed by atoms with Crippen LogP contribution < -0.4 is 5.32 Å². The van der Waals surface area contributed by atoms with Crippen LogP contribution in [-0.4, -0.2) is 115 Å². The molecular formula is C18H32ClNO11Si. The number of methoxy groups -OCH3 is 1. The van der Waals surface area contributed by atoms with Crippen LogP contribution in [0.2, 0.25) is 13.1 Å². The molecule has 2 aliphatic rings. The number of halogens is 1. The van der Waals surface area contributed by atoms with Gasteiger partial charge in [-0.05, 0) is 20.0 Å². The van der Waals surface area contributed by atoms with Crippen molar-refractivity contribution in [2.24, 2.45) is 0 Å². The molecule has 0 aromatic carbocycles. The lowest BCUT2D eigenvalue weighted by molar-refractivity contribution is -0.318. The van der Waals surface area contributed by atoms with Gasteiger partial charge in [0.2, 0.25) is 5.91 Å². The van der Waals surface area contributed by atoms with E-state index in [2.05, 4.69) is 5.32 Å². The Labute approximate surface area is 191 Å². The van der Waals surface area contributed by atoms with Crippen molar-refractivity contribution in [2.75, 3.05) is 13.7 Å². The number of carboxylic acids is 1. The number of aliphatic hydroxyl groups excluding tert-OH is 3. The van der Waals surface area contributed by atoms with Crippen LogP contribution in [0.3, 0.4) is 0 Å². The summed E-state index contributed by atoms with van der Waals surface area (Å²) in [6.45, 7) is 5.97. The van der Waals surface area contributed by atoms with Gasteiger partial charge in [-0.2, -0.15) is 0 Å². The van der Waals surface area contributed by atoms with Crippen molar-refractivity contribution in [1.82, 2.24) is 5.32 Å². The van der Waals surface area contributed by atoms with Gasteiger partial charge in [-0.15, -0.1) is 11.1 Å². The van der Waals surface area contributed by atoms with Gasteiger partial charge in [0, 0.05) is 14.0 Å². The summed E-state index contributed by atoms with van der Waals surface area (Å²) in [7, 11) is -1.19. The van der Waals surface area contributed by atoms with E-state index in [1.54, 1.807) is 13.1 Å². The fraction of sp³-hybridized carbons (Fsp3) is 0.889. The van der Waals surface area contributed by atoms with E-state index in [0.717, 1.165) is 0 Å². The number of rotatable bonds is 8. The smallest absolute Gasteiger partial charge is 0.335 e. The standard InChI is InChI=1S/C18H32ClNO11Si/c1-7-11(22)13(24)15(16(29-7)17(25)26)31-18-10(20-8(2)21)14(27-3)12(23)9(30-18)6-28-32(4,5)19/h7,9-16,18,22-24H,6H2,1-5H3,(H,20,21)(H,25,26). The lowest BCUT2D eigenvalue weighted by Gasteiger charge is -2.47. The highest BCUT2D eigenvalue weighted by Crippen LogP contribution is 2.30. The maximum atomic E-state index is 11.8. The third kappa shape index (κ3) is 6.59. The van der Waals surface area contributed by atoms with Gasteiger partial charge >= 0.3 is 5.97 Å². The Morgan fingerprint density at radius 2 is 1.72 bits per heavy atom. The molecule has 10 unspecified atom stereocenters. The Morgan fingerprint density at radius 3 is 2.22 bits per heavy atom. The summed E-state index contributed by atoms with van der Waals surface area (Å²) < 4.78 is 27.9. The topological polar surface area (TPSA) is 173 Å². The van der Waals surface area contributed by atoms with Crippen molar-refractivity contribution < 1.29 is 53.4 Å². The number of amides is 1. The molecule has 0 saturated carbocycles. The van der Waals surface area contributed by atoms with E-state index in [1.807, 2.05) is 0 Å². The molecule has 5 N–H and O–H groups in total. The first kappa shape index (κ1) is 27.4. The molecule has 0 aliphatic carbocycles. The molecule has 2 heterocycles. The summed E-state index contributed by atoms with van der Waals surface area (Å²) in [6, 6.07) is -1.08. The summed E-state index contributed by atoms with van der Waals surface area (Å²) in [6.07, 6.45) is -11.9. The quantitative estimate of drug-likeness (QED) is 0.194. The number of ether oxygens (including phenoxy) is 4. The first-order chi connectivity index (χ1) is 14.8. The third-order valence-corrected chi connectivity index (χ3v) is 6.45. The number of carbonyl (C=O) groups is 2. The summed E-state index contributed by atoms with van der Waals surface area (Å²) in [5.41, 5.74) is 0. The molecule has 12 nitrogen and oxygen atoms in total. The SMILES string of the molecule is COC1C(O)C(CO[Si](C)(C)Cl)OC(OC2C(C(=O)O)OC(C)C(O)C2O)C1NC(C)=O. The van der Waals surface area contributed by atoms with Crippen molar-refractivity contribution in [2.45, 2.75) is 88.1 Å². The lowest BCUT2D eigenvalue weighted by atomic mass is 9.94. The minimum absolute atomic E-state index is 0.123. The molecule has 1 amide bonds. The third-order valence-electron chi connectivity index (χ3n) is 5.27. The molecule has 186 valence electrons. The Hall–Kier alpha value is -0.873. The zero-order valence-corrected chi connectivity index (χ0v) is 20.3. The Bertz CT molecular complexity index is 665. The normalized spacial score (nSPS) is 40.7. The van der Waals surface area contributed by atoms with Crippen molar-refractivity contribution >= 4 is 30.6 Å². The zero-order chi connectivity index (χ0) is 24.4. The van der Waals surface area contributed by atoms with Crippen LogP contribution in [0.5, 0.6) is 0 Å². The minimum atomic E-state index is -2.51. The van der Waals surface area contributed by atoms with Crippen LogP contribution in [0.25, 0.3) is 0 Å². The summed E-state index contributed by atoms with van der Waals surface area (Å²) in [5.74, 6) is -1.91. The van der Waals surface area contributed by atoms with Crippen LogP contribution >= 0.6 is 11.1 Å². The number of hydrogen-bond acceptors (Lipinski definition) is 10. The summed E-state index contributed by atoms with van der Waals surface area (Å²) in [5, 5.41) is 43.5. The van der Waals surface area contributed by atoms with Crippen LogP contribution in [0.4, 0.5) is 0 Å². The fourth-order valence-corrected chi connectivity index (χ4v) is 4.42. The molecule has 32 heavy (non-hydrogen) atoms. The summed E-state index contributed by atoms with van der Waals surface area (Å²) >= 11 is 6.18. The Morgan fingerprint density at radius 1 is 1.09 bits per heavy atom. The van der Waals surface area contributed by atoms with Gasteiger partial charge in [-0.1, -0.05) is 0 Å². The first-order valence-corrected chi connectivity index (χ1v) is 14.0. The molecule has 10 atom stereocenters. The van der Waals surface area contributed by atoms with E-state index in [4.69, 9.17) is 34.5 Å². The van der Waals surface area contributed by atoms with Crippen LogP contribution in [-0.2, 0) is 33.0 Å². The second kappa shape index (κ2) is 11.0. The number of aliphatic hydroxyl groups is 3. The molecule has 0 aromatic heterocycles. The molecule has 2 aliphatic heterocycles. The molecule has 2 saturated heterocycles. The van der Waals surface area contributed by atoms with Gasteiger partial charge in [0.1, 0.15) is 42.7 Å². The van der Waals surface area contributed by atoms with E-state index in [-0.39, 0.29) is 6.61 Å². The van der Waals surface area contributed by atoms with E-state index >= 15 is 0 Å². The zero-order valence-electron chi connectivity index (χ0n) is 18.5. The lowest BCUT2D eigenvalue weighted by Crippen LogP contribution is -2.68. The van der Waals surface area contributed by atoms with Crippen molar-refractivity contribution in [3.8, 4) is 0 Å². The van der Waals surface area contributed by atoms with Gasteiger partial charge in [-0.3, -0.25) is 4.79 Å². The van der Waals surface area contributed by atoms with Crippen molar-refractivity contribution in [1.29, 1.82) is 0 Å². The maximum absolute atomic E-state index is 11.8. The highest BCUT2D eigenvalue weighted by Gasteiger charge is 2.52. The van der Waals surface area contributed by atoms with Crippen LogP contribution in [0, 0.1) is 0 Å². The number of carboxylic acid groups (broad SMARTS) is 1. The van der Waals surface area contributed by atoms with Crippen LogP contribution in [0.1, 0.15) is 13.8 Å². The average molecular weight is 502 g/mol. The molecule has 14 heteroatoms. The second-order valence-corrected chi connectivity index (χ2v) is 14.1. The largest absolute Gasteiger partial charge is 0.479 e. The number of aliphatic carboxylic acids is 1. The highest BCUT2D eigenvalue weighted by molar-refractivity contribution is 7.15. The number of carbonyl (C=O) groups excluding carboxylic acids is 1.